The summed E-state index contributed by atoms with van der Waals surface area (Å²) in [6.45, 7) is 9.59. The first-order valence-electron chi connectivity index (χ1n) is 14.1. The molecule has 0 spiro atoms. The van der Waals surface area contributed by atoms with Crippen LogP contribution in [0.15, 0.2) is 55.1 Å². The summed E-state index contributed by atoms with van der Waals surface area (Å²) in [5.41, 5.74) is 3.29. The zero-order valence-corrected chi connectivity index (χ0v) is 23.8. The van der Waals surface area contributed by atoms with E-state index in [1.54, 1.807) is 20.3 Å². The molecule has 0 aromatic heterocycles. The molecule has 2 aliphatic rings. The van der Waals surface area contributed by atoms with Crippen LogP contribution in [-0.4, -0.2) is 96.9 Å². The van der Waals surface area contributed by atoms with Gasteiger partial charge in [0.1, 0.15) is 30.8 Å². The van der Waals surface area contributed by atoms with E-state index < -0.39 is 6.10 Å². The molecule has 2 aromatic carbocycles. The number of benzene rings is 2. The Morgan fingerprint density at radius 3 is 2.62 bits per heavy atom. The van der Waals surface area contributed by atoms with Gasteiger partial charge < -0.3 is 43.7 Å². The lowest BCUT2D eigenvalue weighted by atomic mass is 9.85. The Morgan fingerprint density at radius 1 is 1.07 bits per heavy atom. The number of ether oxygens (including phenoxy) is 6. The van der Waals surface area contributed by atoms with Crippen LogP contribution in [-0.2, 0) is 25.6 Å². The monoisotopic (exact) mass is 556 g/mol. The number of hydrogen-bond acceptors (Lipinski definition) is 9. The molecule has 4 atom stereocenters. The van der Waals surface area contributed by atoms with Crippen molar-refractivity contribution in [3.05, 3.63) is 66.2 Å². The maximum Gasteiger partial charge on any atom is 0.142 e. The van der Waals surface area contributed by atoms with E-state index in [0.29, 0.717) is 32.9 Å². The number of nitrogens with zero attached hydrogens (tertiary/aromatic N) is 1. The zero-order chi connectivity index (χ0) is 28.2. The Kier molecular flexibility index (Phi) is 12.1. The summed E-state index contributed by atoms with van der Waals surface area (Å²) < 4.78 is 34.7. The molecular formula is C31H44N2O7. The third kappa shape index (κ3) is 8.42. The van der Waals surface area contributed by atoms with Crippen LogP contribution in [0.3, 0.4) is 0 Å². The molecule has 0 aliphatic carbocycles. The summed E-state index contributed by atoms with van der Waals surface area (Å²) in [4.78, 5) is 2.36. The van der Waals surface area contributed by atoms with Gasteiger partial charge in [0, 0.05) is 46.4 Å². The van der Waals surface area contributed by atoms with Crippen molar-refractivity contribution in [2.45, 2.75) is 37.3 Å². The highest BCUT2D eigenvalue weighted by Crippen LogP contribution is 2.35. The van der Waals surface area contributed by atoms with Crippen LogP contribution in [0.5, 0.6) is 11.5 Å². The lowest BCUT2D eigenvalue weighted by Crippen LogP contribution is -2.51. The minimum Gasteiger partial charge on any atom is -0.490 e. The van der Waals surface area contributed by atoms with Gasteiger partial charge >= 0.3 is 0 Å². The summed E-state index contributed by atoms with van der Waals surface area (Å²) >= 11 is 0. The lowest BCUT2D eigenvalue weighted by Gasteiger charge is -2.39. The number of aliphatic hydroxyl groups excluding tert-OH is 1. The fourth-order valence-electron chi connectivity index (χ4n) is 5.28. The highest BCUT2D eigenvalue weighted by molar-refractivity contribution is 5.61. The molecule has 0 radical (unpaired) electrons. The SMILES string of the molecule is C=CCOc1ccc(C2[C@@H](OCc3ccc4c(c3)N(CCCOC)CCO4)CNC[C@H]2OC[C@H](O)COC)cc1. The third-order valence-electron chi connectivity index (χ3n) is 7.21. The van der Waals surface area contributed by atoms with Gasteiger partial charge in [-0.15, -0.1) is 0 Å². The van der Waals surface area contributed by atoms with Crippen LogP contribution in [0.2, 0.25) is 0 Å². The molecule has 2 aromatic rings. The molecule has 2 N–H and O–H groups in total. The molecule has 2 aliphatic heterocycles. The van der Waals surface area contributed by atoms with E-state index in [1.165, 1.54) is 0 Å². The largest absolute Gasteiger partial charge is 0.490 e. The Morgan fingerprint density at radius 2 is 1.88 bits per heavy atom. The van der Waals surface area contributed by atoms with E-state index >= 15 is 0 Å². The van der Waals surface area contributed by atoms with Crippen LogP contribution >= 0.6 is 0 Å². The first-order chi connectivity index (χ1) is 19.6. The van der Waals surface area contributed by atoms with Crippen molar-refractivity contribution in [1.82, 2.24) is 5.32 Å². The van der Waals surface area contributed by atoms with Gasteiger partial charge in [-0.1, -0.05) is 30.9 Å². The van der Waals surface area contributed by atoms with E-state index in [0.717, 1.165) is 54.4 Å². The molecule has 0 amide bonds. The van der Waals surface area contributed by atoms with Crippen molar-refractivity contribution in [1.29, 1.82) is 0 Å². The Balaban J connectivity index is 1.48. The molecule has 2 heterocycles. The lowest BCUT2D eigenvalue weighted by molar-refractivity contribution is -0.0856. The van der Waals surface area contributed by atoms with E-state index in [2.05, 4.69) is 41.1 Å². The van der Waals surface area contributed by atoms with Crippen molar-refractivity contribution in [3.63, 3.8) is 0 Å². The van der Waals surface area contributed by atoms with Crippen molar-refractivity contribution in [2.75, 3.05) is 78.3 Å². The van der Waals surface area contributed by atoms with Gasteiger partial charge in [0.25, 0.3) is 0 Å². The predicted octanol–water partition coefficient (Wildman–Crippen LogP) is 3.15. The van der Waals surface area contributed by atoms with Gasteiger partial charge in [-0.3, -0.25) is 0 Å². The number of fused-ring (bicyclic) bond motifs is 1. The number of rotatable bonds is 16. The van der Waals surface area contributed by atoms with Crippen molar-refractivity contribution < 1.29 is 33.5 Å². The van der Waals surface area contributed by atoms with Gasteiger partial charge in [0.05, 0.1) is 44.3 Å². The summed E-state index contributed by atoms with van der Waals surface area (Å²) in [5, 5.41) is 13.7. The molecule has 4 rings (SSSR count). The van der Waals surface area contributed by atoms with E-state index in [9.17, 15) is 5.11 Å². The standard InChI is InChI=1S/C31H44N2O7/c1-4-14-37-26-9-7-24(8-10-26)31-29(18-32-19-30(31)40-22-25(34)21-36-3)39-20-23-6-11-28-27(17-23)33(13-16-38-28)12-5-15-35-2/h4,6-11,17,25,29-32,34H,1,5,12-16,18-22H2,2-3H3/t25-,29+,30-,31?/m1/s1. The third-order valence-corrected chi connectivity index (χ3v) is 7.21. The average Bonchev–Trinajstić information content (AvgIpc) is 2.98. The van der Waals surface area contributed by atoms with Gasteiger partial charge in [0.15, 0.2) is 0 Å². The number of piperidine rings is 1. The number of aliphatic hydroxyl groups is 1. The smallest absolute Gasteiger partial charge is 0.142 e. The molecule has 1 fully saturated rings. The number of hydrogen-bond donors (Lipinski definition) is 2. The first-order valence-corrected chi connectivity index (χ1v) is 14.1. The van der Waals surface area contributed by atoms with Crippen molar-refractivity contribution in [2.24, 2.45) is 0 Å². The van der Waals surface area contributed by atoms with Gasteiger partial charge in [-0.05, 0) is 41.8 Å². The maximum atomic E-state index is 10.2. The summed E-state index contributed by atoms with van der Waals surface area (Å²) in [6.07, 6.45) is 1.68. The number of methoxy groups -OCH3 is 2. The van der Waals surface area contributed by atoms with Crippen LogP contribution in [0.1, 0.15) is 23.5 Å². The van der Waals surface area contributed by atoms with Crippen LogP contribution < -0.4 is 19.7 Å². The highest BCUT2D eigenvalue weighted by atomic mass is 16.5. The molecule has 0 saturated carbocycles. The van der Waals surface area contributed by atoms with E-state index in [-0.39, 0.29) is 31.3 Å². The van der Waals surface area contributed by atoms with Gasteiger partial charge in [0.2, 0.25) is 0 Å². The maximum absolute atomic E-state index is 10.2. The van der Waals surface area contributed by atoms with Gasteiger partial charge in [-0.2, -0.15) is 0 Å². The second-order valence-electron chi connectivity index (χ2n) is 10.2. The number of nitrogens with one attached hydrogen (secondary N) is 1. The van der Waals surface area contributed by atoms with Gasteiger partial charge in [-0.25, -0.2) is 0 Å². The zero-order valence-electron chi connectivity index (χ0n) is 23.8. The van der Waals surface area contributed by atoms with Crippen LogP contribution in [0, 0.1) is 0 Å². The Bertz CT molecular complexity index is 1030. The summed E-state index contributed by atoms with van der Waals surface area (Å²) in [5.74, 6) is 1.66. The van der Waals surface area contributed by atoms with Crippen LogP contribution in [0.25, 0.3) is 0 Å². The normalized spacial score (nSPS) is 21.4. The molecular weight excluding hydrogens is 512 g/mol. The van der Waals surface area contributed by atoms with E-state index in [1.807, 2.05) is 18.2 Å². The quantitative estimate of drug-likeness (QED) is 0.239. The second kappa shape index (κ2) is 16.0. The average molecular weight is 557 g/mol. The second-order valence-corrected chi connectivity index (χ2v) is 10.2. The Labute approximate surface area is 238 Å². The Hall–Kier alpha value is -2.66. The first kappa shape index (κ1) is 30.3. The molecule has 40 heavy (non-hydrogen) atoms. The van der Waals surface area contributed by atoms with Crippen LogP contribution in [0.4, 0.5) is 5.69 Å². The van der Waals surface area contributed by atoms with E-state index in [4.69, 9.17) is 28.4 Å². The summed E-state index contributed by atoms with van der Waals surface area (Å²) in [7, 11) is 3.30. The fraction of sp³-hybridized carbons (Fsp3) is 0.548. The number of anilines is 1. The topological polar surface area (TPSA) is 90.9 Å². The molecule has 1 unspecified atom stereocenters. The predicted molar refractivity (Wildman–Crippen MR) is 155 cm³/mol. The minimum absolute atomic E-state index is 0.0315. The summed E-state index contributed by atoms with van der Waals surface area (Å²) in [6, 6.07) is 14.4. The minimum atomic E-state index is -0.689. The molecule has 0 bridgehead atoms. The molecule has 9 nitrogen and oxygen atoms in total. The molecule has 220 valence electrons. The van der Waals surface area contributed by atoms with Crippen molar-refractivity contribution >= 4 is 5.69 Å². The molecule has 9 heteroatoms. The fourth-order valence-corrected chi connectivity index (χ4v) is 5.28. The molecule has 1 saturated heterocycles. The van der Waals surface area contributed by atoms with Crippen molar-refractivity contribution in [3.8, 4) is 11.5 Å². The highest BCUT2D eigenvalue weighted by Gasteiger charge is 2.36.